The second-order valence-corrected chi connectivity index (χ2v) is 8.89. The van der Waals surface area contributed by atoms with Gasteiger partial charge in [0.15, 0.2) is 6.61 Å². The molecule has 8 heteroatoms. The van der Waals surface area contributed by atoms with Crippen molar-refractivity contribution in [3.63, 3.8) is 0 Å². The molecule has 35 heavy (non-hydrogen) atoms. The minimum Gasteiger partial charge on any atom is -0.484 e. The number of carbonyl (C=O) groups is 3. The van der Waals surface area contributed by atoms with Crippen LogP contribution in [0.5, 0.6) is 5.75 Å². The van der Waals surface area contributed by atoms with Crippen molar-refractivity contribution in [2.45, 2.75) is 19.9 Å². The predicted octanol–water partition coefficient (Wildman–Crippen LogP) is 4.34. The Morgan fingerprint density at radius 3 is 2.51 bits per heavy atom. The van der Waals surface area contributed by atoms with Crippen molar-refractivity contribution in [3.05, 3.63) is 88.9 Å². The first kappa shape index (κ1) is 24.3. The molecule has 1 aliphatic heterocycles. The molecule has 7 nitrogen and oxygen atoms in total. The number of hydrogen-bond acceptors (Lipinski definition) is 4. The van der Waals surface area contributed by atoms with Crippen LogP contribution in [0, 0.1) is 12.8 Å². The van der Waals surface area contributed by atoms with Crippen molar-refractivity contribution >= 4 is 40.7 Å². The molecule has 0 spiro atoms. The van der Waals surface area contributed by atoms with Crippen molar-refractivity contribution in [2.75, 3.05) is 23.4 Å². The highest BCUT2D eigenvalue weighted by molar-refractivity contribution is 6.30. The normalized spacial score (nSPS) is 15.1. The summed E-state index contributed by atoms with van der Waals surface area (Å²) in [5.74, 6) is -0.458. The summed E-state index contributed by atoms with van der Waals surface area (Å²) < 4.78 is 5.54. The number of carbonyl (C=O) groups excluding carboxylic acids is 3. The van der Waals surface area contributed by atoms with E-state index in [0.29, 0.717) is 35.2 Å². The molecule has 0 radical (unpaired) electrons. The maximum absolute atomic E-state index is 12.6. The summed E-state index contributed by atoms with van der Waals surface area (Å²) in [6, 6.07) is 21.7. The number of anilines is 2. The van der Waals surface area contributed by atoms with Crippen LogP contribution in [0.2, 0.25) is 5.02 Å². The molecule has 3 aromatic carbocycles. The van der Waals surface area contributed by atoms with Gasteiger partial charge in [-0.05, 0) is 55.0 Å². The molecule has 0 saturated carbocycles. The fourth-order valence-corrected chi connectivity index (χ4v) is 4.00. The summed E-state index contributed by atoms with van der Waals surface area (Å²) in [6.07, 6.45) is 0.168. The summed E-state index contributed by atoms with van der Waals surface area (Å²) in [7, 11) is 0. The average molecular weight is 492 g/mol. The van der Waals surface area contributed by atoms with Gasteiger partial charge in [0.2, 0.25) is 11.8 Å². The van der Waals surface area contributed by atoms with Gasteiger partial charge in [0, 0.05) is 35.9 Å². The number of nitrogens with zero attached hydrogens (tertiary/aromatic N) is 1. The Kier molecular flexibility index (Phi) is 7.67. The second kappa shape index (κ2) is 11.1. The van der Waals surface area contributed by atoms with Gasteiger partial charge in [0.1, 0.15) is 5.75 Å². The van der Waals surface area contributed by atoms with Gasteiger partial charge in [0.05, 0.1) is 5.92 Å². The second-order valence-electron chi connectivity index (χ2n) is 8.45. The number of benzene rings is 3. The number of hydrogen-bond donors (Lipinski definition) is 2. The van der Waals surface area contributed by atoms with Crippen LogP contribution in [0.1, 0.15) is 17.5 Å². The number of rotatable bonds is 8. The highest BCUT2D eigenvalue weighted by Crippen LogP contribution is 2.27. The third kappa shape index (κ3) is 6.61. The van der Waals surface area contributed by atoms with Crippen molar-refractivity contribution in [2.24, 2.45) is 5.92 Å². The molecule has 3 aromatic rings. The van der Waals surface area contributed by atoms with Crippen molar-refractivity contribution in [1.82, 2.24) is 5.32 Å². The van der Waals surface area contributed by atoms with E-state index in [9.17, 15) is 14.4 Å². The lowest BCUT2D eigenvalue weighted by Gasteiger charge is -2.17. The third-order valence-electron chi connectivity index (χ3n) is 5.71. The molecule has 0 unspecified atom stereocenters. The van der Waals surface area contributed by atoms with Gasteiger partial charge in [0.25, 0.3) is 5.91 Å². The average Bonchev–Trinajstić information content (AvgIpc) is 3.24. The maximum Gasteiger partial charge on any atom is 0.262 e. The molecule has 180 valence electrons. The summed E-state index contributed by atoms with van der Waals surface area (Å²) >= 11 is 5.92. The maximum atomic E-state index is 12.6. The van der Waals surface area contributed by atoms with Crippen LogP contribution in [-0.2, 0) is 20.9 Å². The largest absolute Gasteiger partial charge is 0.484 e. The fourth-order valence-electron chi connectivity index (χ4n) is 3.81. The highest BCUT2D eigenvalue weighted by atomic mass is 35.5. The zero-order chi connectivity index (χ0) is 24.8. The number of aryl methyl sites for hydroxylation is 1. The van der Waals surface area contributed by atoms with E-state index in [1.807, 2.05) is 31.2 Å². The zero-order valence-corrected chi connectivity index (χ0v) is 20.0. The Labute approximate surface area is 209 Å². The van der Waals surface area contributed by atoms with Gasteiger partial charge in [-0.25, -0.2) is 0 Å². The Balaban J connectivity index is 1.26. The molecular formula is C27H26ClN3O4. The number of ether oxygens (including phenoxy) is 1. The first-order chi connectivity index (χ1) is 16.9. The van der Waals surface area contributed by atoms with Crippen molar-refractivity contribution in [3.8, 4) is 5.75 Å². The van der Waals surface area contributed by atoms with Gasteiger partial charge < -0.3 is 20.3 Å². The molecule has 1 heterocycles. The lowest BCUT2D eigenvalue weighted by molar-refractivity contribution is -0.126. The Bertz CT molecular complexity index is 1210. The van der Waals surface area contributed by atoms with Gasteiger partial charge in [-0.15, -0.1) is 0 Å². The van der Waals surface area contributed by atoms with Crippen LogP contribution in [-0.4, -0.2) is 30.9 Å². The number of amides is 3. The standard InChI is InChI=1S/C27H26ClN3O4/c1-18-5-7-19(8-6-18)15-29-27(34)20-13-26(33)31(16-20)23-9-11-24(12-10-23)35-17-25(32)30-22-4-2-3-21(28)14-22/h2-12,14,20H,13,15-17H2,1H3,(H,29,34)(H,30,32)/t20-/m1/s1. The molecule has 1 aliphatic rings. The monoisotopic (exact) mass is 491 g/mol. The van der Waals surface area contributed by atoms with E-state index in [1.54, 1.807) is 53.4 Å². The van der Waals surface area contributed by atoms with Crippen molar-refractivity contribution in [1.29, 1.82) is 0 Å². The van der Waals surface area contributed by atoms with Gasteiger partial charge in [-0.1, -0.05) is 47.5 Å². The Morgan fingerprint density at radius 2 is 1.80 bits per heavy atom. The molecule has 1 fully saturated rings. The molecule has 0 aliphatic carbocycles. The molecule has 2 N–H and O–H groups in total. The Morgan fingerprint density at radius 1 is 1.06 bits per heavy atom. The lowest BCUT2D eigenvalue weighted by atomic mass is 10.1. The van der Waals surface area contributed by atoms with Crippen LogP contribution in [0.15, 0.2) is 72.8 Å². The number of nitrogens with one attached hydrogen (secondary N) is 2. The minimum atomic E-state index is -0.404. The topological polar surface area (TPSA) is 87.7 Å². The first-order valence-electron chi connectivity index (χ1n) is 11.3. The number of halogens is 1. The molecule has 0 aromatic heterocycles. The van der Waals surface area contributed by atoms with Crippen LogP contribution < -0.4 is 20.3 Å². The minimum absolute atomic E-state index is 0.102. The van der Waals surface area contributed by atoms with E-state index in [-0.39, 0.29) is 30.7 Å². The van der Waals surface area contributed by atoms with E-state index in [1.165, 1.54) is 0 Å². The highest BCUT2D eigenvalue weighted by Gasteiger charge is 2.35. The summed E-state index contributed by atoms with van der Waals surface area (Å²) in [5, 5.41) is 6.17. The molecule has 1 saturated heterocycles. The van der Waals surface area contributed by atoms with Gasteiger partial charge in [-0.2, -0.15) is 0 Å². The van der Waals surface area contributed by atoms with Gasteiger partial charge in [-0.3, -0.25) is 14.4 Å². The summed E-state index contributed by atoms with van der Waals surface area (Å²) in [6.45, 7) is 2.60. The SMILES string of the molecule is Cc1ccc(CNC(=O)[C@@H]2CC(=O)N(c3ccc(OCC(=O)Nc4cccc(Cl)c4)cc3)C2)cc1. The van der Waals surface area contributed by atoms with E-state index in [2.05, 4.69) is 10.6 Å². The van der Waals surface area contributed by atoms with E-state index in [4.69, 9.17) is 16.3 Å². The quantitative estimate of drug-likeness (QED) is 0.491. The Hall–Kier alpha value is -3.84. The van der Waals surface area contributed by atoms with Gasteiger partial charge >= 0.3 is 0 Å². The van der Waals surface area contributed by atoms with E-state index < -0.39 is 5.92 Å². The summed E-state index contributed by atoms with van der Waals surface area (Å²) in [5.41, 5.74) is 3.45. The molecule has 1 atom stereocenters. The summed E-state index contributed by atoms with van der Waals surface area (Å²) in [4.78, 5) is 38.9. The van der Waals surface area contributed by atoms with Crippen LogP contribution in [0.4, 0.5) is 11.4 Å². The van der Waals surface area contributed by atoms with E-state index >= 15 is 0 Å². The molecular weight excluding hydrogens is 466 g/mol. The molecule has 3 amide bonds. The first-order valence-corrected chi connectivity index (χ1v) is 11.7. The van der Waals surface area contributed by atoms with Crippen LogP contribution in [0.3, 0.4) is 0 Å². The zero-order valence-electron chi connectivity index (χ0n) is 19.3. The molecule has 4 rings (SSSR count). The molecule has 0 bridgehead atoms. The van der Waals surface area contributed by atoms with Crippen LogP contribution in [0.25, 0.3) is 0 Å². The lowest BCUT2D eigenvalue weighted by Crippen LogP contribution is -2.32. The van der Waals surface area contributed by atoms with Crippen LogP contribution >= 0.6 is 11.6 Å². The third-order valence-corrected chi connectivity index (χ3v) is 5.94. The fraction of sp³-hybridized carbons (Fsp3) is 0.222. The van der Waals surface area contributed by atoms with Crippen molar-refractivity contribution < 1.29 is 19.1 Å². The van der Waals surface area contributed by atoms with E-state index in [0.717, 1.165) is 11.1 Å². The predicted molar refractivity (Wildman–Crippen MR) is 136 cm³/mol. The smallest absolute Gasteiger partial charge is 0.262 e.